The van der Waals surface area contributed by atoms with Crippen molar-refractivity contribution in [3.8, 4) is 0 Å². The van der Waals surface area contributed by atoms with Crippen LogP contribution in [-0.2, 0) is 16.6 Å². The second-order valence-electron chi connectivity index (χ2n) is 5.58. The van der Waals surface area contributed by atoms with Gasteiger partial charge in [-0.1, -0.05) is 13.3 Å². The zero-order valence-corrected chi connectivity index (χ0v) is 13.2. The second kappa shape index (κ2) is 6.28. The molecule has 0 radical (unpaired) electrons. The minimum atomic E-state index is -3.07. The van der Waals surface area contributed by atoms with Crippen molar-refractivity contribution in [2.24, 2.45) is 5.92 Å². The van der Waals surface area contributed by atoms with Gasteiger partial charge in [-0.05, 0) is 31.4 Å². The lowest BCUT2D eigenvalue weighted by atomic mass is 9.91. The highest BCUT2D eigenvalue weighted by molar-refractivity contribution is 7.88. The second-order valence-corrected chi connectivity index (χ2v) is 7.56. The lowest BCUT2D eigenvalue weighted by molar-refractivity contribution is 0.199. The molecule has 114 valence electrons. The van der Waals surface area contributed by atoms with E-state index in [0.29, 0.717) is 31.6 Å². The van der Waals surface area contributed by atoms with E-state index in [1.807, 2.05) is 19.1 Å². The van der Waals surface area contributed by atoms with E-state index in [1.165, 1.54) is 6.26 Å². The van der Waals surface area contributed by atoms with Gasteiger partial charge >= 0.3 is 0 Å². The van der Waals surface area contributed by atoms with Crippen molar-refractivity contribution in [2.45, 2.75) is 39.3 Å². The van der Waals surface area contributed by atoms with Gasteiger partial charge in [-0.2, -0.15) is 0 Å². The molecule has 0 aliphatic carbocycles. The summed E-state index contributed by atoms with van der Waals surface area (Å²) in [7, 11) is -3.07. The van der Waals surface area contributed by atoms with Crippen LogP contribution in [0.25, 0.3) is 0 Å². The Labute approximate surface area is 121 Å². The van der Waals surface area contributed by atoms with Gasteiger partial charge in [-0.3, -0.25) is 0 Å². The average Bonchev–Trinajstić information content (AvgIpc) is 2.81. The molecule has 5 nitrogen and oxygen atoms in total. The SMILES string of the molecule is CC[C@H]1CN(S(C)(=O)=O)CC[C@H]1NCc1ccc(C)o1. The zero-order valence-electron chi connectivity index (χ0n) is 12.4. The molecule has 0 bridgehead atoms. The van der Waals surface area contributed by atoms with Crippen molar-refractivity contribution >= 4 is 10.0 Å². The third-order valence-electron chi connectivity index (χ3n) is 4.02. The Balaban J connectivity index is 1.92. The van der Waals surface area contributed by atoms with Gasteiger partial charge < -0.3 is 9.73 Å². The van der Waals surface area contributed by atoms with Crippen LogP contribution in [0.4, 0.5) is 0 Å². The summed E-state index contributed by atoms with van der Waals surface area (Å²) in [6.45, 7) is 5.97. The number of aryl methyl sites for hydroxylation is 1. The molecule has 2 atom stereocenters. The Morgan fingerprint density at radius 3 is 2.75 bits per heavy atom. The lowest BCUT2D eigenvalue weighted by Crippen LogP contribution is -2.50. The summed E-state index contributed by atoms with van der Waals surface area (Å²) in [6.07, 6.45) is 3.12. The molecule has 1 saturated heterocycles. The highest BCUT2D eigenvalue weighted by Crippen LogP contribution is 2.22. The van der Waals surface area contributed by atoms with Crippen LogP contribution in [0.3, 0.4) is 0 Å². The molecule has 0 amide bonds. The maximum Gasteiger partial charge on any atom is 0.211 e. The summed E-state index contributed by atoms with van der Waals surface area (Å²) < 4.78 is 30.4. The van der Waals surface area contributed by atoms with Crippen molar-refractivity contribution in [2.75, 3.05) is 19.3 Å². The fourth-order valence-corrected chi connectivity index (χ4v) is 3.69. The van der Waals surface area contributed by atoms with Crippen molar-refractivity contribution in [3.63, 3.8) is 0 Å². The zero-order chi connectivity index (χ0) is 14.8. The highest BCUT2D eigenvalue weighted by Gasteiger charge is 2.31. The van der Waals surface area contributed by atoms with Gasteiger partial charge in [-0.15, -0.1) is 0 Å². The first-order valence-electron chi connectivity index (χ1n) is 7.14. The van der Waals surface area contributed by atoms with Crippen molar-refractivity contribution in [3.05, 3.63) is 23.7 Å². The van der Waals surface area contributed by atoms with Gasteiger partial charge in [0.15, 0.2) is 0 Å². The van der Waals surface area contributed by atoms with Gasteiger partial charge in [0.1, 0.15) is 11.5 Å². The number of hydrogen-bond donors (Lipinski definition) is 1. The van der Waals surface area contributed by atoms with Gasteiger partial charge in [0, 0.05) is 19.1 Å². The van der Waals surface area contributed by atoms with E-state index in [2.05, 4.69) is 12.2 Å². The summed E-state index contributed by atoms with van der Waals surface area (Å²) in [5, 5.41) is 3.51. The molecule has 1 aromatic heterocycles. The fraction of sp³-hybridized carbons (Fsp3) is 0.714. The molecule has 2 rings (SSSR count). The number of piperidine rings is 1. The number of rotatable bonds is 5. The Bertz CT molecular complexity index is 538. The predicted molar refractivity (Wildman–Crippen MR) is 78.9 cm³/mol. The minimum absolute atomic E-state index is 0.350. The number of hydrogen-bond acceptors (Lipinski definition) is 4. The monoisotopic (exact) mass is 300 g/mol. The van der Waals surface area contributed by atoms with E-state index in [1.54, 1.807) is 4.31 Å². The molecule has 2 heterocycles. The first kappa shape index (κ1) is 15.5. The fourth-order valence-electron chi connectivity index (χ4n) is 2.79. The Hall–Kier alpha value is -0.850. The van der Waals surface area contributed by atoms with Crippen LogP contribution >= 0.6 is 0 Å². The van der Waals surface area contributed by atoms with Crippen LogP contribution in [0.2, 0.25) is 0 Å². The summed E-state index contributed by atoms with van der Waals surface area (Å²) in [6, 6.07) is 4.29. The smallest absolute Gasteiger partial charge is 0.211 e. The van der Waals surface area contributed by atoms with E-state index in [0.717, 1.165) is 24.4 Å². The molecule has 1 N–H and O–H groups in total. The van der Waals surface area contributed by atoms with Gasteiger partial charge in [0.25, 0.3) is 0 Å². The minimum Gasteiger partial charge on any atom is -0.465 e. The summed E-state index contributed by atoms with van der Waals surface area (Å²) in [4.78, 5) is 0. The van der Waals surface area contributed by atoms with Gasteiger partial charge in [-0.25, -0.2) is 12.7 Å². The maximum atomic E-state index is 11.6. The molecule has 0 spiro atoms. The largest absolute Gasteiger partial charge is 0.465 e. The van der Waals surface area contributed by atoms with E-state index >= 15 is 0 Å². The molecular formula is C14H24N2O3S. The van der Waals surface area contributed by atoms with Gasteiger partial charge in [0.2, 0.25) is 10.0 Å². The van der Waals surface area contributed by atoms with Crippen molar-refractivity contribution < 1.29 is 12.8 Å². The summed E-state index contributed by atoms with van der Waals surface area (Å²) in [5.74, 6) is 2.21. The first-order chi connectivity index (χ1) is 9.40. The molecule has 1 aliphatic rings. The molecule has 6 heteroatoms. The van der Waals surface area contributed by atoms with Crippen molar-refractivity contribution in [1.29, 1.82) is 0 Å². The Morgan fingerprint density at radius 2 is 2.20 bits per heavy atom. The van der Waals surface area contributed by atoms with Crippen LogP contribution in [0.5, 0.6) is 0 Å². The van der Waals surface area contributed by atoms with Crippen LogP contribution in [0, 0.1) is 12.8 Å². The normalized spacial score (nSPS) is 24.9. The molecule has 1 aliphatic heterocycles. The van der Waals surface area contributed by atoms with Crippen molar-refractivity contribution in [1.82, 2.24) is 9.62 Å². The lowest BCUT2D eigenvalue weighted by Gasteiger charge is -2.37. The van der Waals surface area contributed by atoms with Crippen LogP contribution in [-0.4, -0.2) is 38.1 Å². The number of nitrogens with one attached hydrogen (secondary N) is 1. The summed E-state index contributed by atoms with van der Waals surface area (Å²) in [5.41, 5.74) is 0. The molecule has 20 heavy (non-hydrogen) atoms. The standard InChI is InChI=1S/C14H24N2O3S/c1-4-12-10-16(20(3,17)18)8-7-14(12)15-9-13-6-5-11(2)19-13/h5-6,12,14-15H,4,7-10H2,1-3H3/t12-,14+/m0/s1. The number of nitrogens with zero attached hydrogens (tertiary/aromatic N) is 1. The topological polar surface area (TPSA) is 62.6 Å². The van der Waals surface area contributed by atoms with Crippen LogP contribution in [0.1, 0.15) is 31.3 Å². The number of sulfonamides is 1. The van der Waals surface area contributed by atoms with E-state index in [9.17, 15) is 8.42 Å². The van der Waals surface area contributed by atoms with Crippen LogP contribution in [0.15, 0.2) is 16.5 Å². The molecule has 1 fully saturated rings. The molecule has 0 saturated carbocycles. The third-order valence-corrected chi connectivity index (χ3v) is 5.29. The molecule has 1 aromatic rings. The van der Waals surface area contributed by atoms with Gasteiger partial charge in [0.05, 0.1) is 12.8 Å². The summed E-state index contributed by atoms with van der Waals surface area (Å²) >= 11 is 0. The number of furan rings is 1. The van der Waals surface area contributed by atoms with E-state index in [4.69, 9.17) is 4.42 Å². The van der Waals surface area contributed by atoms with Crippen LogP contribution < -0.4 is 5.32 Å². The van der Waals surface area contributed by atoms with E-state index in [-0.39, 0.29) is 0 Å². The highest BCUT2D eigenvalue weighted by atomic mass is 32.2. The first-order valence-corrected chi connectivity index (χ1v) is 8.98. The molecule has 0 unspecified atom stereocenters. The average molecular weight is 300 g/mol. The Morgan fingerprint density at radius 1 is 1.45 bits per heavy atom. The van der Waals surface area contributed by atoms with E-state index < -0.39 is 10.0 Å². The third kappa shape index (κ3) is 3.84. The Kier molecular flexibility index (Phi) is 4.88. The predicted octanol–water partition coefficient (Wildman–Crippen LogP) is 1.74. The molecule has 0 aromatic carbocycles. The maximum absolute atomic E-state index is 11.6. The quantitative estimate of drug-likeness (QED) is 0.899. The molecular weight excluding hydrogens is 276 g/mol.